The van der Waals surface area contributed by atoms with E-state index in [1.807, 2.05) is 67.6 Å². The first kappa shape index (κ1) is 38.0. The lowest BCUT2D eigenvalue weighted by atomic mass is 10.2. The van der Waals surface area contributed by atoms with E-state index in [4.69, 9.17) is 14.2 Å². The van der Waals surface area contributed by atoms with Crippen molar-refractivity contribution in [2.24, 2.45) is 0 Å². The number of benzene rings is 3. The van der Waals surface area contributed by atoms with Crippen LogP contribution >= 0.6 is 0 Å². The van der Waals surface area contributed by atoms with Crippen LogP contribution in [0.2, 0.25) is 0 Å². The van der Waals surface area contributed by atoms with Crippen molar-refractivity contribution in [3.05, 3.63) is 135 Å². The highest BCUT2D eigenvalue weighted by Gasteiger charge is 2.16. The normalized spacial score (nSPS) is 10.6. The molecule has 0 aliphatic carbocycles. The fourth-order valence-electron chi connectivity index (χ4n) is 4.17. The Morgan fingerprint density at radius 2 is 1.33 bits per heavy atom. The van der Waals surface area contributed by atoms with Crippen molar-refractivity contribution in [1.82, 2.24) is 19.6 Å². The maximum atomic E-state index is 11.7. The minimum Gasteiger partial charge on any atom is -0.481 e. The number of hydrogen-bond donors (Lipinski definition) is 1. The lowest BCUT2D eigenvalue weighted by Gasteiger charge is -2.05. The predicted molar refractivity (Wildman–Crippen MR) is 182 cm³/mol. The van der Waals surface area contributed by atoms with Gasteiger partial charge in [-0.25, -0.2) is 19.0 Å². The third kappa shape index (κ3) is 11.6. The number of aromatic amines is 1. The number of carbonyl (C=O) groups excluding carboxylic acids is 2. The number of H-pyrrole nitrogens is 1. The Bertz CT molecular complexity index is 1930. The summed E-state index contributed by atoms with van der Waals surface area (Å²) < 4.78 is 44.5. The van der Waals surface area contributed by atoms with E-state index in [9.17, 15) is 22.8 Å². The topological polar surface area (TPSA) is 161 Å². The number of methoxy groups -OCH3 is 1. The van der Waals surface area contributed by atoms with Crippen molar-refractivity contribution in [3.8, 4) is 5.88 Å². The highest BCUT2D eigenvalue weighted by molar-refractivity contribution is 7.86. The number of rotatable bonds is 11. The van der Waals surface area contributed by atoms with E-state index in [1.54, 1.807) is 43.8 Å². The van der Waals surface area contributed by atoms with Crippen molar-refractivity contribution in [3.63, 3.8) is 0 Å². The fourth-order valence-corrected chi connectivity index (χ4v) is 4.83. The molecule has 260 valence electrons. The Labute approximate surface area is 285 Å². The van der Waals surface area contributed by atoms with Crippen LogP contribution in [-0.2, 0) is 36.9 Å². The average Bonchev–Trinajstić information content (AvgIpc) is 3.69. The number of esters is 2. The lowest BCUT2D eigenvalue weighted by Crippen LogP contribution is -2.16. The molecule has 0 saturated carbocycles. The van der Waals surface area contributed by atoms with Gasteiger partial charge in [0.1, 0.15) is 5.69 Å². The molecule has 0 radical (unpaired) electrons. The first-order chi connectivity index (χ1) is 23.5. The van der Waals surface area contributed by atoms with Gasteiger partial charge >= 0.3 is 11.9 Å². The highest BCUT2D eigenvalue weighted by atomic mass is 32.2. The summed E-state index contributed by atoms with van der Waals surface area (Å²) in [5, 5.41) is 6.96. The molecule has 13 nitrogen and oxygen atoms in total. The third-order valence-corrected chi connectivity index (χ3v) is 7.90. The molecule has 0 bridgehead atoms. The summed E-state index contributed by atoms with van der Waals surface area (Å²) in [5.41, 5.74) is 3.27. The van der Waals surface area contributed by atoms with Gasteiger partial charge in [-0.3, -0.25) is 14.1 Å². The maximum absolute atomic E-state index is 11.7. The second-order valence-electron chi connectivity index (χ2n) is 10.2. The summed E-state index contributed by atoms with van der Waals surface area (Å²) in [6.45, 7) is 6.93. The van der Waals surface area contributed by atoms with E-state index in [0.29, 0.717) is 25.6 Å². The van der Waals surface area contributed by atoms with Crippen LogP contribution in [0.5, 0.6) is 5.88 Å². The number of ether oxygens (including phenoxy) is 3. The van der Waals surface area contributed by atoms with Gasteiger partial charge in [-0.2, -0.15) is 13.5 Å². The zero-order valence-corrected chi connectivity index (χ0v) is 28.8. The Kier molecular flexibility index (Phi) is 14.5. The number of aromatic nitrogens is 4. The summed E-state index contributed by atoms with van der Waals surface area (Å²) in [5.74, 6) is -0.416. The second-order valence-corrected chi connectivity index (χ2v) is 11.9. The van der Waals surface area contributed by atoms with Crippen molar-refractivity contribution < 1.29 is 36.4 Å². The van der Waals surface area contributed by atoms with Crippen molar-refractivity contribution in [1.29, 1.82) is 0 Å². The van der Waals surface area contributed by atoms with Crippen LogP contribution in [0.4, 0.5) is 0 Å². The molecule has 0 aliphatic heterocycles. The summed E-state index contributed by atoms with van der Waals surface area (Å²) in [4.78, 5) is 34.9. The molecule has 0 spiro atoms. The first-order valence-electron chi connectivity index (χ1n) is 15.2. The van der Waals surface area contributed by atoms with Crippen molar-refractivity contribution >= 4 is 22.1 Å². The molecule has 2 aromatic heterocycles. The van der Waals surface area contributed by atoms with Gasteiger partial charge in [-0.05, 0) is 44.0 Å². The van der Waals surface area contributed by atoms with Crippen LogP contribution in [0.1, 0.15) is 51.5 Å². The van der Waals surface area contributed by atoms with Crippen LogP contribution in [0, 0.1) is 6.92 Å². The molecular formula is C35H40N4O9S. The van der Waals surface area contributed by atoms with E-state index in [2.05, 4.69) is 14.4 Å². The molecule has 5 aromatic rings. The SMILES string of the molecule is CCOC(=O)c1cc(=O)n(Cc2ccccc2)[nH]1.CCOC(=O)c1cc(OC)n(Cc2ccccc2)n1.COS(=O)(=O)c1ccc(C)cc1. The third-order valence-electron chi connectivity index (χ3n) is 6.61. The molecule has 49 heavy (non-hydrogen) atoms. The van der Waals surface area contributed by atoms with E-state index in [0.717, 1.165) is 23.8 Å². The minimum absolute atomic E-state index is 0.179. The van der Waals surface area contributed by atoms with Gasteiger partial charge in [-0.15, -0.1) is 0 Å². The Morgan fingerprint density at radius 1 is 0.776 bits per heavy atom. The Hall–Kier alpha value is -5.47. The number of aryl methyl sites for hydroxylation is 1. The molecule has 0 fully saturated rings. The van der Waals surface area contributed by atoms with Crippen molar-refractivity contribution in [2.75, 3.05) is 27.4 Å². The fraction of sp³-hybridized carbons (Fsp3) is 0.257. The van der Waals surface area contributed by atoms with Crippen LogP contribution in [0.15, 0.2) is 107 Å². The molecule has 2 heterocycles. The highest BCUT2D eigenvalue weighted by Crippen LogP contribution is 2.16. The first-order valence-corrected chi connectivity index (χ1v) is 16.6. The summed E-state index contributed by atoms with van der Waals surface area (Å²) in [6.07, 6.45) is 0. The molecule has 3 aromatic carbocycles. The van der Waals surface area contributed by atoms with E-state index in [1.165, 1.54) is 22.9 Å². The zero-order chi connectivity index (χ0) is 35.8. The van der Waals surface area contributed by atoms with Gasteiger partial charge in [0.2, 0.25) is 5.88 Å². The van der Waals surface area contributed by atoms with Crippen LogP contribution < -0.4 is 10.3 Å². The van der Waals surface area contributed by atoms with Crippen LogP contribution in [-0.4, -0.2) is 67.4 Å². The van der Waals surface area contributed by atoms with Crippen molar-refractivity contribution in [2.45, 2.75) is 38.8 Å². The van der Waals surface area contributed by atoms with E-state index >= 15 is 0 Å². The van der Waals surface area contributed by atoms with Gasteiger partial charge in [0, 0.05) is 12.1 Å². The van der Waals surface area contributed by atoms with Crippen LogP contribution in [0.3, 0.4) is 0 Å². The number of hydrogen-bond acceptors (Lipinski definition) is 10. The predicted octanol–water partition coefficient (Wildman–Crippen LogP) is 4.85. The summed E-state index contributed by atoms with van der Waals surface area (Å²) >= 11 is 0. The largest absolute Gasteiger partial charge is 0.481 e. The standard InChI is InChI=1S/C14H16N2O3.C13H14N2O3.C8H10O3S/c1-3-19-14(17)12-9-13(18-2)16(15-12)10-11-7-5-4-6-8-11;1-2-18-13(17)11-8-12(16)15(14-11)9-10-6-4-3-5-7-10;1-7-3-5-8(6-4-7)12(9,10)11-2/h4-9H,3,10H2,1-2H3;3-8,14H,2,9H2,1H3;3-6H,1-2H3. The number of nitrogens with one attached hydrogen (secondary N) is 1. The summed E-state index contributed by atoms with van der Waals surface area (Å²) in [6, 6.07) is 28.7. The molecule has 0 atom stereocenters. The Balaban J connectivity index is 0.000000204. The molecule has 0 aliphatic rings. The quantitative estimate of drug-likeness (QED) is 0.150. The molecule has 5 rings (SSSR count). The monoisotopic (exact) mass is 692 g/mol. The molecule has 0 unspecified atom stereocenters. The molecule has 14 heteroatoms. The van der Waals surface area contributed by atoms with E-state index in [-0.39, 0.29) is 28.4 Å². The molecule has 0 saturated heterocycles. The smallest absolute Gasteiger partial charge is 0.358 e. The van der Waals surface area contributed by atoms with Gasteiger partial charge in [0.15, 0.2) is 5.69 Å². The molecule has 0 amide bonds. The van der Waals surface area contributed by atoms with Gasteiger partial charge < -0.3 is 14.2 Å². The maximum Gasteiger partial charge on any atom is 0.358 e. The van der Waals surface area contributed by atoms with E-state index < -0.39 is 22.1 Å². The van der Waals surface area contributed by atoms with Gasteiger partial charge in [-0.1, -0.05) is 78.4 Å². The Morgan fingerprint density at radius 3 is 1.86 bits per heavy atom. The summed E-state index contributed by atoms with van der Waals surface area (Å²) in [7, 11) is -0.818. The van der Waals surface area contributed by atoms with Gasteiger partial charge in [0.25, 0.3) is 15.7 Å². The van der Waals surface area contributed by atoms with Crippen LogP contribution in [0.25, 0.3) is 0 Å². The van der Waals surface area contributed by atoms with Gasteiger partial charge in [0.05, 0.1) is 45.4 Å². The number of nitrogens with zero attached hydrogens (tertiary/aromatic N) is 3. The second kappa shape index (κ2) is 18.8. The molecule has 1 N–H and O–H groups in total. The molecular weight excluding hydrogens is 652 g/mol. The number of carbonyl (C=O) groups is 2. The minimum atomic E-state index is -3.51. The lowest BCUT2D eigenvalue weighted by molar-refractivity contribution is 0.0509. The average molecular weight is 693 g/mol. The zero-order valence-electron chi connectivity index (χ0n) is 28.0.